The molecule has 0 heterocycles. The van der Waals surface area contributed by atoms with Crippen molar-refractivity contribution in [3.63, 3.8) is 0 Å². The summed E-state index contributed by atoms with van der Waals surface area (Å²) in [5, 5.41) is 12.6. The van der Waals surface area contributed by atoms with Gasteiger partial charge in [-0.2, -0.15) is 0 Å². The molecule has 0 aromatic rings. The lowest BCUT2D eigenvalue weighted by Gasteiger charge is -2.31. The van der Waals surface area contributed by atoms with Crippen molar-refractivity contribution in [1.29, 1.82) is 0 Å². The molecule has 0 bridgehead atoms. The molecule has 1 atom stereocenters. The molecular weight excluding hydrogens is 182 g/mol. The van der Waals surface area contributed by atoms with E-state index in [4.69, 9.17) is 9.47 Å². The predicted molar refractivity (Wildman–Crippen MR) is 54.3 cm³/mol. The summed E-state index contributed by atoms with van der Waals surface area (Å²) in [5.41, 5.74) is -0.228. The van der Waals surface area contributed by atoms with Gasteiger partial charge in [0, 0.05) is 7.11 Å². The first-order valence-corrected chi connectivity index (χ1v) is 5.15. The molecule has 1 fully saturated rings. The highest BCUT2D eigenvalue weighted by Crippen LogP contribution is 2.39. The summed E-state index contributed by atoms with van der Waals surface area (Å²) < 4.78 is 10.4. The highest BCUT2D eigenvalue weighted by atomic mass is 16.5. The molecule has 1 saturated carbocycles. The summed E-state index contributed by atoms with van der Waals surface area (Å²) in [4.78, 5) is 0. The lowest BCUT2D eigenvalue weighted by atomic mass is 9.96. The maximum absolute atomic E-state index is 9.37. The van der Waals surface area contributed by atoms with Crippen molar-refractivity contribution in [2.24, 2.45) is 5.92 Å². The molecule has 0 spiro atoms. The van der Waals surface area contributed by atoms with Gasteiger partial charge in [-0.15, -0.1) is 0 Å². The number of aliphatic hydroxyl groups excluding tert-OH is 1. The Hall–Kier alpha value is -0.160. The SMILES string of the molecule is CNC(CO)(COCCOC)C1CC1. The molecule has 0 aromatic carbocycles. The van der Waals surface area contributed by atoms with E-state index in [1.807, 2.05) is 7.05 Å². The average Bonchev–Trinajstić information content (AvgIpc) is 3.03. The van der Waals surface area contributed by atoms with E-state index in [0.717, 1.165) is 0 Å². The van der Waals surface area contributed by atoms with Crippen LogP contribution in [0.25, 0.3) is 0 Å². The maximum Gasteiger partial charge on any atom is 0.0701 e. The van der Waals surface area contributed by atoms with Crippen LogP contribution in [0.3, 0.4) is 0 Å². The number of rotatable bonds is 8. The fourth-order valence-corrected chi connectivity index (χ4v) is 1.68. The minimum Gasteiger partial charge on any atom is -0.394 e. The number of hydrogen-bond donors (Lipinski definition) is 2. The molecule has 0 amide bonds. The van der Waals surface area contributed by atoms with Gasteiger partial charge in [-0.25, -0.2) is 0 Å². The molecule has 1 aliphatic carbocycles. The van der Waals surface area contributed by atoms with Gasteiger partial charge in [-0.3, -0.25) is 0 Å². The van der Waals surface area contributed by atoms with Crippen molar-refractivity contribution in [2.75, 3.05) is 40.6 Å². The standard InChI is InChI=1S/C10H21NO3/c1-11-10(7-12,9-3-4-9)8-14-6-5-13-2/h9,11-12H,3-8H2,1-2H3. The zero-order valence-electron chi connectivity index (χ0n) is 9.08. The molecule has 4 nitrogen and oxygen atoms in total. The van der Waals surface area contributed by atoms with E-state index in [9.17, 15) is 5.11 Å². The van der Waals surface area contributed by atoms with Gasteiger partial charge in [0.15, 0.2) is 0 Å². The largest absolute Gasteiger partial charge is 0.394 e. The molecule has 1 aliphatic rings. The van der Waals surface area contributed by atoms with Crippen LogP contribution in [-0.4, -0.2) is 51.2 Å². The van der Waals surface area contributed by atoms with E-state index < -0.39 is 0 Å². The van der Waals surface area contributed by atoms with Gasteiger partial charge >= 0.3 is 0 Å². The molecular formula is C10H21NO3. The van der Waals surface area contributed by atoms with Crippen molar-refractivity contribution >= 4 is 0 Å². The van der Waals surface area contributed by atoms with Gasteiger partial charge < -0.3 is 19.9 Å². The second kappa shape index (κ2) is 5.66. The highest BCUT2D eigenvalue weighted by Gasteiger charge is 2.43. The number of hydrogen-bond acceptors (Lipinski definition) is 4. The number of nitrogens with one attached hydrogen (secondary N) is 1. The van der Waals surface area contributed by atoms with Crippen LogP contribution in [-0.2, 0) is 9.47 Å². The van der Waals surface area contributed by atoms with E-state index in [2.05, 4.69) is 5.32 Å². The molecule has 14 heavy (non-hydrogen) atoms. The van der Waals surface area contributed by atoms with Crippen molar-refractivity contribution in [2.45, 2.75) is 18.4 Å². The first kappa shape index (κ1) is 11.9. The zero-order valence-corrected chi connectivity index (χ0v) is 9.08. The van der Waals surface area contributed by atoms with Gasteiger partial charge in [0.2, 0.25) is 0 Å². The van der Waals surface area contributed by atoms with Crippen LogP contribution < -0.4 is 5.32 Å². The normalized spacial score (nSPS) is 20.8. The molecule has 2 N–H and O–H groups in total. The average molecular weight is 203 g/mol. The molecule has 1 rings (SSSR count). The minimum atomic E-state index is -0.228. The number of likely N-dealkylation sites (N-methyl/N-ethyl adjacent to an activating group) is 1. The Morgan fingerprint density at radius 1 is 1.43 bits per heavy atom. The van der Waals surface area contributed by atoms with Crippen molar-refractivity contribution in [3.8, 4) is 0 Å². The topological polar surface area (TPSA) is 50.7 Å². The Balaban J connectivity index is 2.27. The van der Waals surface area contributed by atoms with Crippen LogP contribution in [0.1, 0.15) is 12.8 Å². The lowest BCUT2D eigenvalue weighted by molar-refractivity contribution is 0.00671. The van der Waals surface area contributed by atoms with E-state index in [0.29, 0.717) is 25.7 Å². The van der Waals surface area contributed by atoms with E-state index in [1.54, 1.807) is 7.11 Å². The second-order valence-corrected chi connectivity index (χ2v) is 3.88. The van der Waals surface area contributed by atoms with Crippen LogP contribution in [0, 0.1) is 5.92 Å². The van der Waals surface area contributed by atoms with Gasteiger partial charge in [0.05, 0.1) is 32.0 Å². The Morgan fingerprint density at radius 3 is 2.57 bits per heavy atom. The summed E-state index contributed by atoms with van der Waals surface area (Å²) >= 11 is 0. The van der Waals surface area contributed by atoms with Crippen molar-refractivity contribution < 1.29 is 14.6 Å². The fraction of sp³-hybridized carbons (Fsp3) is 1.00. The molecule has 1 unspecified atom stereocenters. The maximum atomic E-state index is 9.37. The van der Waals surface area contributed by atoms with Crippen LogP contribution in [0.15, 0.2) is 0 Å². The lowest BCUT2D eigenvalue weighted by Crippen LogP contribution is -2.52. The van der Waals surface area contributed by atoms with E-state index in [-0.39, 0.29) is 12.1 Å². The van der Waals surface area contributed by atoms with Crippen molar-refractivity contribution in [1.82, 2.24) is 5.32 Å². The molecule has 0 radical (unpaired) electrons. The number of aliphatic hydroxyl groups is 1. The third-order valence-corrected chi connectivity index (χ3v) is 2.93. The second-order valence-electron chi connectivity index (χ2n) is 3.88. The molecule has 0 aromatic heterocycles. The third kappa shape index (κ3) is 2.92. The zero-order chi connectivity index (χ0) is 10.4. The van der Waals surface area contributed by atoms with Crippen LogP contribution in [0.2, 0.25) is 0 Å². The fourth-order valence-electron chi connectivity index (χ4n) is 1.68. The Labute approximate surface area is 85.6 Å². The highest BCUT2D eigenvalue weighted by molar-refractivity contribution is 5.00. The molecule has 84 valence electrons. The number of methoxy groups -OCH3 is 1. The Morgan fingerprint density at radius 2 is 2.14 bits per heavy atom. The van der Waals surface area contributed by atoms with Crippen LogP contribution in [0.5, 0.6) is 0 Å². The first-order chi connectivity index (χ1) is 6.79. The van der Waals surface area contributed by atoms with Gasteiger partial charge in [-0.05, 0) is 25.8 Å². The smallest absolute Gasteiger partial charge is 0.0701 e. The van der Waals surface area contributed by atoms with Crippen LogP contribution >= 0.6 is 0 Å². The van der Waals surface area contributed by atoms with Gasteiger partial charge in [0.1, 0.15) is 0 Å². The Kier molecular flexibility index (Phi) is 4.81. The summed E-state index contributed by atoms with van der Waals surface area (Å²) in [6, 6.07) is 0. The molecule has 4 heteroatoms. The molecule has 0 aliphatic heterocycles. The quantitative estimate of drug-likeness (QED) is 0.546. The van der Waals surface area contributed by atoms with Crippen molar-refractivity contribution in [3.05, 3.63) is 0 Å². The van der Waals surface area contributed by atoms with E-state index in [1.165, 1.54) is 12.8 Å². The monoisotopic (exact) mass is 203 g/mol. The van der Waals surface area contributed by atoms with Crippen LogP contribution in [0.4, 0.5) is 0 Å². The van der Waals surface area contributed by atoms with E-state index >= 15 is 0 Å². The molecule has 0 saturated heterocycles. The third-order valence-electron chi connectivity index (χ3n) is 2.93. The Bertz CT molecular complexity index is 155. The minimum absolute atomic E-state index is 0.140. The summed E-state index contributed by atoms with van der Waals surface area (Å²) in [6.45, 7) is 1.90. The van der Waals surface area contributed by atoms with Gasteiger partial charge in [0.25, 0.3) is 0 Å². The predicted octanol–water partition coefficient (Wildman–Crippen LogP) is 0.00990. The summed E-state index contributed by atoms with van der Waals surface area (Å²) in [6.07, 6.45) is 2.38. The summed E-state index contributed by atoms with van der Waals surface area (Å²) in [7, 11) is 3.54. The number of ether oxygens (including phenoxy) is 2. The van der Waals surface area contributed by atoms with Gasteiger partial charge in [-0.1, -0.05) is 0 Å². The summed E-state index contributed by atoms with van der Waals surface area (Å²) in [5.74, 6) is 0.569. The first-order valence-electron chi connectivity index (χ1n) is 5.15.